The average Bonchev–Trinajstić information content (AvgIpc) is 3.74. The number of H-pyrrole nitrogens is 2. The molecule has 2 saturated heterocycles. The summed E-state index contributed by atoms with van der Waals surface area (Å²) >= 11 is 0. The number of hydrogen-bond donors (Lipinski definition) is 3. The number of aromatic amines is 2. The molecule has 0 bridgehead atoms. The van der Waals surface area contributed by atoms with E-state index >= 15 is 4.39 Å². The number of imidazole rings is 2. The largest absolute Gasteiger partial charge is 0.464 e. The summed E-state index contributed by atoms with van der Waals surface area (Å²) in [6, 6.07) is 14.8. The molecule has 1 unspecified atom stereocenters. The molecule has 2 aliphatic heterocycles. The summed E-state index contributed by atoms with van der Waals surface area (Å²) in [5.41, 5.74) is 10.7. The Bertz CT molecular complexity index is 2330. The molecule has 0 amide bonds. The smallest absolute Gasteiger partial charge is 0.337 e. The maximum atomic E-state index is 15.8. The van der Waals surface area contributed by atoms with Crippen molar-refractivity contribution in [2.45, 2.75) is 13.0 Å². The molecule has 2 fully saturated rings. The van der Waals surface area contributed by atoms with Gasteiger partial charge in [-0.15, -0.1) is 0 Å². The minimum Gasteiger partial charge on any atom is -0.464 e. The molecule has 14 heteroatoms. The van der Waals surface area contributed by atoms with Crippen molar-refractivity contribution in [2.75, 3.05) is 88.6 Å². The summed E-state index contributed by atoms with van der Waals surface area (Å²) in [5, 5.41) is -0.00607. The van der Waals surface area contributed by atoms with Gasteiger partial charge in [-0.1, -0.05) is 6.07 Å². The second kappa shape index (κ2) is 13.0. The van der Waals surface area contributed by atoms with Crippen LogP contribution in [0.5, 0.6) is 0 Å². The molecule has 264 valence electrons. The lowest BCUT2D eigenvalue weighted by Gasteiger charge is -2.34. The van der Waals surface area contributed by atoms with Crippen molar-refractivity contribution < 1.29 is 13.9 Å². The standard InChI is InChI=1S/C37H41FN10O3/c1-4-51-37(50)33(35-41-26-11-9-23(21-28(26)43-35)47-18-14-45(3)15-19-47)48-29-7-5-6-24(38)30(29)32(39)31(36(48)49)34-40-25-10-8-22(20-27(25)42-34)46-16-12-44(2)13-17-46/h5-11,20-21,33H,4,12-19,39H2,1-3H3,(H,40,42)(H,41,43). The first-order valence-electron chi connectivity index (χ1n) is 17.4. The molecule has 8 rings (SSSR count). The third-order valence-corrected chi connectivity index (χ3v) is 10.2. The first-order valence-corrected chi connectivity index (χ1v) is 17.4. The zero-order chi connectivity index (χ0) is 35.4. The summed E-state index contributed by atoms with van der Waals surface area (Å²) in [4.78, 5) is 54.0. The highest BCUT2D eigenvalue weighted by molar-refractivity contribution is 6.00. The summed E-state index contributed by atoms with van der Waals surface area (Å²) in [7, 11) is 4.22. The van der Waals surface area contributed by atoms with E-state index in [1.54, 1.807) is 13.0 Å². The Morgan fingerprint density at radius 2 is 1.45 bits per heavy atom. The first kappa shape index (κ1) is 32.7. The highest BCUT2D eigenvalue weighted by Gasteiger charge is 2.33. The molecule has 13 nitrogen and oxygen atoms in total. The van der Waals surface area contributed by atoms with Gasteiger partial charge in [0.2, 0.25) is 0 Å². The van der Waals surface area contributed by atoms with Gasteiger partial charge in [0.25, 0.3) is 5.56 Å². The van der Waals surface area contributed by atoms with Gasteiger partial charge < -0.3 is 40.0 Å². The number of aromatic nitrogens is 5. The Morgan fingerprint density at radius 3 is 2.06 bits per heavy atom. The number of fused-ring (bicyclic) bond motifs is 3. The predicted octanol–water partition coefficient (Wildman–Crippen LogP) is 3.80. The number of nitrogens with two attached hydrogens (primary N) is 1. The van der Waals surface area contributed by atoms with E-state index < -0.39 is 23.4 Å². The van der Waals surface area contributed by atoms with Crippen LogP contribution in [0.4, 0.5) is 21.5 Å². The van der Waals surface area contributed by atoms with Gasteiger partial charge in [0.15, 0.2) is 6.04 Å². The van der Waals surface area contributed by atoms with E-state index in [2.05, 4.69) is 43.7 Å². The second-order valence-electron chi connectivity index (χ2n) is 13.4. The third kappa shape index (κ3) is 5.83. The lowest BCUT2D eigenvalue weighted by molar-refractivity contribution is -0.145. The van der Waals surface area contributed by atoms with Gasteiger partial charge in [0.1, 0.15) is 23.0 Å². The van der Waals surface area contributed by atoms with E-state index in [1.165, 1.54) is 16.7 Å². The maximum Gasteiger partial charge on any atom is 0.337 e. The van der Waals surface area contributed by atoms with Crippen molar-refractivity contribution >= 4 is 56.0 Å². The number of esters is 1. The number of halogens is 1. The minimum atomic E-state index is -1.38. The van der Waals surface area contributed by atoms with Gasteiger partial charge in [0.05, 0.1) is 45.3 Å². The van der Waals surface area contributed by atoms with Crippen molar-refractivity contribution in [3.63, 3.8) is 0 Å². The van der Waals surface area contributed by atoms with Crippen LogP contribution in [-0.4, -0.2) is 113 Å². The molecule has 51 heavy (non-hydrogen) atoms. The number of nitrogens with one attached hydrogen (secondary N) is 2. The fourth-order valence-electron chi connectivity index (χ4n) is 7.28. The summed E-state index contributed by atoms with van der Waals surface area (Å²) < 4.78 is 22.6. The fraction of sp³-hybridized carbons (Fsp3) is 0.351. The Hall–Kier alpha value is -5.47. The highest BCUT2D eigenvalue weighted by atomic mass is 19.1. The first-order chi connectivity index (χ1) is 24.7. The van der Waals surface area contributed by atoms with Crippen molar-refractivity contribution in [3.05, 3.63) is 76.6 Å². The van der Waals surface area contributed by atoms with Gasteiger partial charge in [-0.2, -0.15) is 0 Å². The lowest BCUT2D eigenvalue weighted by Crippen LogP contribution is -2.44. The van der Waals surface area contributed by atoms with Gasteiger partial charge in [0, 0.05) is 63.7 Å². The Balaban J connectivity index is 1.28. The monoisotopic (exact) mass is 692 g/mol. The van der Waals surface area contributed by atoms with Crippen LogP contribution in [0.2, 0.25) is 0 Å². The number of pyridine rings is 1. The number of benzene rings is 3. The number of piperazine rings is 2. The van der Waals surface area contributed by atoms with Gasteiger partial charge in [-0.25, -0.2) is 19.2 Å². The molecule has 4 N–H and O–H groups in total. The Kier molecular flexibility index (Phi) is 8.35. The normalized spacial score (nSPS) is 16.8. The van der Waals surface area contributed by atoms with E-state index in [0.717, 1.165) is 63.7 Å². The predicted molar refractivity (Wildman–Crippen MR) is 198 cm³/mol. The van der Waals surface area contributed by atoms with Gasteiger partial charge in [-0.05, 0) is 69.6 Å². The molecule has 0 saturated carbocycles. The SMILES string of the molecule is CCOC(=O)C(c1nc2ccc(N3CCN(C)CC3)cc2[nH]1)n1c(=O)c(-c2nc3ccc(N4CCN(C)CC4)cc3[nH]2)c(N)c2c(F)cccc21. The summed E-state index contributed by atoms with van der Waals surface area (Å²) in [5.74, 6) is -1.01. The molecule has 5 heterocycles. The molecule has 0 aliphatic carbocycles. The van der Waals surface area contributed by atoms with E-state index in [-0.39, 0.29) is 40.4 Å². The second-order valence-corrected chi connectivity index (χ2v) is 13.4. The van der Waals surface area contributed by atoms with Crippen LogP contribution < -0.4 is 21.1 Å². The zero-order valence-corrected chi connectivity index (χ0v) is 28.9. The van der Waals surface area contributed by atoms with Crippen LogP contribution >= 0.6 is 0 Å². The average molecular weight is 693 g/mol. The molecule has 6 aromatic rings. The van der Waals surface area contributed by atoms with Gasteiger partial charge >= 0.3 is 5.97 Å². The number of rotatable bonds is 7. The van der Waals surface area contributed by atoms with Crippen molar-refractivity contribution in [1.82, 2.24) is 34.3 Å². The topological polar surface area (TPSA) is 145 Å². The number of nitrogen functional groups attached to an aromatic ring is 1. The van der Waals surface area contributed by atoms with E-state index in [4.69, 9.17) is 20.4 Å². The van der Waals surface area contributed by atoms with Crippen LogP contribution in [-0.2, 0) is 9.53 Å². The summed E-state index contributed by atoms with van der Waals surface area (Å²) in [6.07, 6.45) is 0. The maximum absolute atomic E-state index is 15.8. The molecule has 3 aromatic heterocycles. The molecular weight excluding hydrogens is 651 g/mol. The molecule has 2 aliphatic rings. The molecule has 1 atom stereocenters. The van der Waals surface area contributed by atoms with Crippen molar-refractivity contribution in [1.29, 1.82) is 0 Å². The number of likely N-dealkylation sites (N-methyl/N-ethyl adjacent to an activating group) is 2. The fourth-order valence-corrected chi connectivity index (χ4v) is 7.28. The van der Waals surface area contributed by atoms with E-state index in [0.29, 0.717) is 22.1 Å². The number of carbonyl (C=O) groups excluding carboxylic acids is 1. The lowest BCUT2D eigenvalue weighted by atomic mass is 10.1. The van der Waals surface area contributed by atoms with Crippen LogP contribution in [0.25, 0.3) is 44.4 Å². The molecule has 0 spiro atoms. The number of hydrogen-bond acceptors (Lipinski definition) is 10. The third-order valence-electron chi connectivity index (χ3n) is 10.2. The quantitative estimate of drug-likeness (QED) is 0.212. The number of anilines is 3. The minimum absolute atomic E-state index is 0.00607. The molecule has 3 aromatic carbocycles. The number of carbonyl (C=O) groups is 1. The van der Waals surface area contributed by atoms with Crippen molar-refractivity contribution in [2.24, 2.45) is 0 Å². The van der Waals surface area contributed by atoms with E-state index in [1.807, 2.05) is 36.4 Å². The molecule has 0 radical (unpaired) electrons. The van der Waals surface area contributed by atoms with Crippen LogP contribution in [0.15, 0.2) is 59.4 Å². The zero-order valence-electron chi connectivity index (χ0n) is 28.9. The summed E-state index contributed by atoms with van der Waals surface area (Å²) in [6.45, 7) is 9.10. The number of ether oxygens (including phenoxy) is 1. The Labute approximate surface area is 293 Å². The van der Waals surface area contributed by atoms with E-state index in [9.17, 15) is 9.59 Å². The van der Waals surface area contributed by atoms with Crippen molar-refractivity contribution in [3.8, 4) is 11.4 Å². The van der Waals surface area contributed by atoms with Crippen LogP contribution in [0.1, 0.15) is 18.8 Å². The van der Waals surface area contributed by atoms with Crippen LogP contribution in [0.3, 0.4) is 0 Å². The number of nitrogens with zero attached hydrogens (tertiary/aromatic N) is 7. The molecular formula is C37H41FN10O3. The van der Waals surface area contributed by atoms with Gasteiger partial charge in [-0.3, -0.25) is 9.36 Å². The Morgan fingerprint density at radius 1 is 0.863 bits per heavy atom. The van der Waals surface area contributed by atoms with Crippen LogP contribution in [0, 0.1) is 5.82 Å². The highest BCUT2D eigenvalue weighted by Crippen LogP contribution is 2.35.